The van der Waals surface area contributed by atoms with E-state index < -0.39 is 5.76 Å². The predicted octanol–water partition coefficient (Wildman–Crippen LogP) is 4.13. The third kappa shape index (κ3) is 3.40. The summed E-state index contributed by atoms with van der Waals surface area (Å²) in [5.74, 6) is -0.516. The molecule has 1 aliphatic heterocycles. The lowest BCUT2D eigenvalue weighted by atomic mass is 9.94. The summed E-state index contributed by atoms with van der Waals surface area (Å²) in [5, 5.41) is 9.19. The van der Waals surface area contributed by atoms with Crippen molar-refractivity contribution in [3.8, 4) is 6.07 Å². The number of hydrogen-bond donors (Lipinski definition) is 1. The molecular weight excluding hydrogens is 390 g/mol. The van der Waals surface area contributed by atoms with Gasteiger partial charge in [-0.25, -0.2) is 4.79 Å². The lowest BCUT2D eigenvalue weighted by Crippen LogP contribution is -2.29. The first-order chi connectivity index (χ1) is 15.1. The van der Waals surface area contributed by atoms with Crippen LogP contribution >= 0.6 is 0 Å². The first-order valence-electron chi connectivity index (χ1n) is 10.1. The molecule has 5 rings (SSSR count). The van der Waals surface area contributed by atoms with Crippen LogP contribution in [0.5, 0.6) is 0 Å². The molecule has 31 heavy (non-hydrogen) atoms. The van der Waals surface area contributed by atoms with Crippen LogP contribution < -0.4 is 5.76 Å². The molecule has 0 saturated carbocycles. The zero-order valence-electron chi connectivity index (χ0n) is 16.7. The van der Waals surface area contributed by atoms with Crippen LogP contribution in [0.2, 0.25) is 0 Å². The van der Waals surface area contributed by atoms with Gasteiger partial charge in [0.2, 0.25) is 0 Å². The van der Waals surface area contributed by atoms with E-state index >= 15 is 0 Å². The number of carbonyl (C=O) groups is 1. The number of fused-ring (bicyclic) bond motifs is 2. The first-order valence-corrected chi connectivity index (χ1v) is 10.1. The Balaban J connectivity index is 1.52. The molecule has 1 atom stereocenters. The normalized spacial score (nSPS) is 15.3. The molecule has 6 heteroatoms. The maximum absolute atomic E-state index is 13.3. The van der Waals surface area contributed by atoms with Crippen molar-refractivity contribution >= 4 is 17.0 Å². The number of H-pyrrole nitrogens is 1. The Kier molecular flexibility index (Phi) is 4.64. The van der Waals surface area contributed by atoms with E-state index in [0.717, 1.165) is 22.3 Å². The van der Waals surface area contributed by atoms with Gasteiger partial charge in [0.05, 0.1) is 24.0 Å². The number of rotatable bonds is 5. The lowest BCUT2D eigenvalue weighted by Gasteiger charge is -2.26. The number of carbonyl (C=O) groups excluding carboxylic acids is 1. The van der Waals surface area contributed by atoms with E-state index in [1.54, 1.807) is 12.1 Å². The minimum atomic E-state index is -0.496. The second-order valence-corrected chi connectivity index (χ2v) is 7.69. The van der Waals surface area contributed by atoms with Gasteiger partial charge >= 0.3 is 5.76 Å². The van der Waals surface area contributed by atoms with Crippen molar-refractivity contribution in [3.63, 3.8) is 0 Å². The molecule has 2 heterocycles. The summed E-state index contributed by atoms with van der Waals surface area (Å²) in [5.41, 5.74) is 5.74. The van der Waals surface area contributed by atoms with Crippen molar-refractivity contribution in [2.24, 2.45) is 0 Å². The van der Waals surface area contributed by atoms with E-state index in [4.69, 9.17) is 4.42 Å². The highest BCUT2D eigenvalue weighted by Gasteiger charge is 2.36. The summed E-state index contributed by atoms with van der Waals surface area (Å²) in [6.07, 6.45) is 0.962. The van der Waals surface area contributed by atoms with Crippen molar-refractivity contribution in [3.05, 3.63) is 105 Å². The average molecular weight is 409 g/mol. The maximum Gasteiger partial charge on any atom is 0.417 e. The molecule has 1 aromatic heterocycles. The van der Waals surface area contributed by atoms with Gasteiger partial charge < -0.3 is 9.32 Å². The van der Waals surface area contributed by atoms with Gasteiger partial charge in [-0.1, -0.05) is 48.5 Å². The first kappa shape index (κ1) is 18.9. The van der Waals surface area contributed by atoms with Crippen molar-refractivity contribution in [2.75, 3.05) is 0 Å². The fourth-order valence-corrected chi connectivity index (χ4v) is 4.36. The van der Waals surface area contributed by atoms with E-state index in [2.05, 4.69) is 11.1 Å². The number of aromatic amines is 1. The number of nitrogens with one attached hydrogen (secondary N) is 1. The molecule has 4 aromatic rings. The van der Waals surface area contributed by atoms with Gasteiger partial charge in [-0.3, -0.25) is 9.78 Å². The summed E-state index contributed by atoms with van der Waals surface area (Å²) in [6, 6.07) is 23.1. The third-order valence-corrected chi connectivity index (χ3v) is 5.83. The molecule has 6 nitrogen and oxygen atoms in total. The van der Waals surface area contributed by atoms with E-state index in [1.807, 2.05) is 59.5 Å². The van der Waals surface area contributed by atoms with Crippen LogP contribution in [0.1, 0.15) is 38.7 Å². The molecular formula is C25H19N3O3. The van der Waals surface area contributed by atoms with Crippen molar-refractivity contribution in [2.45, 2.75) is 25.4 Å². The summed E-state index contributed by atoms with van der Waals surface area (Å²) < 4.78 is 5.18. The van der Waals surface area contributed by atoms with Gasteiger partial charge in [0.1, 0.15) is 0 Å². The summed E-state index contributed by atoms with van der Waals surface area (Å²) in [4.78, 5) is 29.2. The SMILES string of the molecule is N#CCc1ccccc1CC1c2ccccc2C(=O)N1Cc1ccc2[nH]c(=O)oc2c1. The van der Waals surface area contributed by atoms with Gasteiger partial charge in [-0.2, -0.15) is 5.26 Å². The quantitative estimate of drug-likeness (QED) is 0.537. The van der Waals surface area contributed by atoms with Crippen LogP contribution in [0.25, 0.3) is 11.1 Å². The second kappa shape index (κ2) is 7.62. The third-order valence-electron chi connectivity index (χ3n) is 5.83. The van der Waals surface area contributed by atoms with E-state index in [0.29, 0.717) is 36.0 Å². The van der Waals surface area contributed by atoms with Crippen molar-refractivity contribution in [1.29, 1.82) is 5.26 Å². The molecule has 0 aliphatic carbocycles. The van der Waals surface area contributed by atoms with Crippen molar-refractivity contribution < 1.29 is 9.21 Å². The molecule has 0 bridgehead atoms. The molecule has 0 fully saturated rings. The Morgan fingerprint density at radius 1 is 1.00 bits per heavy atom. The van der Waals surface area contributed by atoms with E-state index in [-0.39, 0.29) is 11.9 Å². The molecule has 0 radical (unpaired) electrons. The molecule has 1 N–H and O–H groups in total. The highest BCUT2D eigenvalue weighted by molar-refractivity contribution is 5.99. The Morgan fingerprint density at radius 3 is 2.61 bits per heavy atom. The smallest absolute Gasteiger partial charge is 0.408 e. The molecule has 1 unspecified atom stereocenters. The maximum atomic E-state index is 13.3. The minimum Gasteiger partial charge on any atom is -0.408 e. The molecule has 0 spiro atoms. The zero-order valence-corrected chi connectivity index (χ0v) is 16.7. The predicted molar refractivity (Wildman–Crippen MR) is 115 cm³/mol. The van der Waals surface area contributed by atoms with Crippen LogP contribution in [-0.2, 0) is 19.4 Å². The Labute approximate surface area is 178 Å². The number of amides is 1. The molecule has 1 amide bonds. The Morgan fingerprint density at radius 2 is 1.77 bits per heavy atom. The zero-order chi connectivity index (χ0) is 21.4. The van der Waals surface area contributed by atoms with Crippen molar-refractivity contribution in [1.82, 2.24) is 9.88 Å². The Hall–Kier alpha value is -4.11. The van der Waals surface area contributed by atoms with Gasteiger partial charge in [-0.15, -0.1) is 0 Å². The standard InChI is InChI=1S/C25H19N3O3/c26-12-11-17-5-1-2-6-18(17)14-22-19-7-3-4-8-20(19)24(29)28(22)15-16-9-10-21-23(13-16)31-25(30)27-21/h1-10,13,22H,11,14-15H2,(H,27,30). The van der Waals surface area contributed by atoms with Crippen LogP contribution in [0.3, 0.4) is 0 Å². The number of hydrogen-bond acceptors (Lipinski definition) is 4. The van der Waals surface area contributed by atoms with Gasteiger partial charge in [-0.05, 0) is 46.9 Å². The van der Waals surface area contributed by atoms with Crippen LogP contribution in [0.4, 0.5) is 0 Å². The average Bonchev–Trinajstić information content (AvgIpc) is 3.27. The molecule has 0 saturated heterocycles. The number of oxazole rings is 1. The van der Waals surface area contributed by atoms with E-state index in [1.165, 1.54) is 0 Å². The largest absolute Gasteiger partial charge is 0.417 e. The molecule has 152 valence electrons. The summed E-state index contributed by atoms with van der Waals surface area (Å²) in [6.45, 7) is 0.392. The molecule has 1 aliphatic rings. The second-order valence-electron chi connectivity index (χ2n) is 7.69. The van der Waals surface area contributed by atoms with Gasteiger partial charge in [0.25, 0.3) is 5.91 Å². The van der Waals surface area contributed by atoms with Gasteiger partial charge in [0, 0.05) is 12.1 Å². The summed E-state index contributed by atoms with van der Waals surface area (Å²) >= 11 is 0. The van der Waals surface area contributed by atoms with Gasteiger partial charge in [0.15, 0.2) is 5.58 Å². The monoisotopic (exact) mass is 409 g/mol. The van der Waals surface area contributed by atoms with E-state index in [9.17, 15) is 14.9 Å². The minimum absolute atomic E-state index is 0.0195. The number of nitriles is 1. The topological polar surface area (TPSA) is 90.1 Å². The number of aromatic nitrogens is 1. The lowest BCUT2D eigenvalue weighted by molar-refractivity contribution is 0.0709. The molecule has 3 aromatic carbocycles. The Bertz CT molecular complexity index is 1390. The number of nitrogens with zero attached hydrogens (tertiary/aromatic N) is 2. The fourth-order valence-electron chi connectivity index (χ4n) is 4.36. The fraction of sp³-hybridized carbons (Fsp3) is 0.160. The van der Waals surface area contributed by atoms with Crippen LogP contribution in [0.15, 0.2) is 75.9 Å². The van der Waals surface area contributed by atoms with Crippen LogP contribution in [0, 0.1) is 11.3 Å². The highest BCUT2D eigenvalue weighted by atomic mass is 16.4. The number of benzene rings is 3. The van der Waals surface area contributed by atoms with Crippen LogP contribution in [-0.4, -0.2) is 15.8 Å². The summed E-state index contributed by atoms with van der Waals surface area (Å²) in [7, 11) is 0. The highest BCUT2D eigenvalue weighted by Crippen LogP contribution is 2.37.